The Balaban J connectivity index is 1.47. The van der Waals surface area contributed by atoms with Gasteiger partial charge < -0.3 is 9.72 Å². The van der Waals surface area contributed by atoms with Gasteiger partial charge >= 0.3 is 0 Å². The van der Waals surface area contributed by atoms with Crippen molar-refractivity contribution in [3.8, 4) is 0 Å². The molecule has 2 aromatic carbocycles. The van der Waals surface area contributed by atoms with Crippen LogP contribution in [0.15, 0.2) is 53.3 Å². The van der Waals surface area contributed by atoms with Crippen molar-refractivity contribution in [2.75, 3.05) is 13.2 Å². The molecule has 0 unspecified atom stereocenters. The Labute approximate surface area is 217 Å². The van der Waals surface area contributed by atoms with E-state index in [-0.39, 0.29) is 17.7 Å². The van der Waals surface area contributed by atoms with Crippen LogP contribution in [0.1, 0.15) is 60.3 Å². The molecule has 1 N–H and O–H groups in total. The molecule has 0 bridgehead atoms. The van der Waals surface area contributed by atoms with Crippen molar-refractivity contribution in [3.63, 3.8) is 0 Å². The van der Waals surface area contributed by atoms with Crippen molar-refractivity contribution in [2.24, 2.45) is 0 Å². The zero-order chi connectivity index (χ0) is 25.8. The van der Waals surface area contributed by atoms with Gasteiger partial charge in [-0.2, -0.15) is 0 Å². The lowest BCUT2D eigenvalue weighted by Crippen LogP contribution is -2.35. The number of benzene rings is 2. The molecule has 8 nitrogen and oxygen atoms in total. The molecule has 0 aliphatic carbocycles. The van der Waals surface area contributed by atoms with Gasteiger partial charge in [0.1, 0.15) is 0 Å². The Hall–Kier alpha value is -3.36. The van der Waals surface area contributed by atoms with Gasteiger partial charge in [-0.1, -0.05) is 42.8 Å². The quantitative estimate of drug-likeness (QED) is 0.345. The number of ether oxygens (including phenoxy) is 1. The number of hydrogen-bond acceptors (Lipinski definition) is 6. The van der Waals surface area contributed by atoms with Crippen LogP contribution in [0, 0.1) is 13.8 Å². The molecule has 3 heterocycles. The summed E-state index contributed by atoms with van der Waals surface area (Å²) in [5, 5.41) is 13.9. The van der Waals surface area contributed by atoms with Gasteiger partial charge in [0.25, 0.3) is 5.56 Å². The zero-order valence-corrected chi connectivity index (χ0v) is 22.0. The Morgan fingerprint density at radius 2 is 2.03 bits per heavy atom. The molecule has 4 aromatic rings. The number of nitrogens with zero attached hydrogens (tertiary/aromatic N) is 5. The minimum atomic E-state index is -0.0500. The molecule has 194 valence electrons. The number of H-pyrrole nitrogens is 1. The topological polar surface area (TPSA) is 88.9 Å². The van der Waals surface area contributed by atoms with Gasteiger partial charge in [-0.05, 0) is 84.7 Å². The number of aryl methyl sites for hydroxylation is 2. The maximum absolute atomic E-state index is 13.1. The number of aromatic amines is 1. The summed E-state index contributed by atoms with van der Waals surface area (Å²) in [5.41, 5.74) is 5.31. The minimum absolute atomic E-state index is 0.0342. The van der Waals surface area contributed by atoms with Crippen LogP contribution in [-0.4, -0.2) is 49.3 Å². The van der Waals surface area contributed by atoms with Gasteiger partial charge in [-0.15, -0.1) is 5.10 Å². The first-order chi connectivity index (χ1) is 18.0. The molecule has 2 aromatic heterocycles. The SMILES string of the molecule is CC[C@@H](c1nnnn1C[C@@H]1CCCO1)N(CCc1ccccc1C)Cc1cc2cc(C)ccc2[nH]c1=O. The highest BCUT2D eigenvalue weighted by Crippen LogP contribution is 2.26. The summed E-state index contributed by atoms with van der Waals surface area (Å²) in [4.78, 5) is 18.6. The summed E-state index contributed by atoms with van der Waals surface area (Å²) in [7, 11) is 0. The molecule has 0 saturated carbocycles. The van der Waals surface area contributed by atoms with Crippen LogP contribution in [0.4, 0.5) is 0 Å². The van der Waals surface area contributed by atoms with Crippen LogP contribution in [-0.2, 0) is 24.2 Å². The maximum Gasteiger partial charge on any atom is 0.252 e. The second-order valence-corrected chi connectivity index (χ2v) is 10.1. The lowest BCUT2D eigenvalue weighted by Gasteiger charge is -2.30. The van der Waals surface area contributed by atoms with E-state index in [1.807, 2.05) is 22.9 Å². The van der Waals surface area contributed by atoms with Gasteiger partial charge in [0.05, 0.1) is 18.7 Å². The molecule has 1 aliphatic heterocycles. The number of tetrazole rings is 1. The van der Waals surface area contributed by atoms with Crippen molar-refractivity contribution in [1.29, 1.82) is 0 Å². The molecule has 37 heavy (non-hydrogen) atoms. The third-order valence-electron chi connectivity index (χ3n) is 7.47. The summed E-state index contributed by atoms with van der Waals surface area (Å²) in [6.45, 7) is 9.12. The monoisotopic (exact) mass is 500 g/mol. The number of pyridine rings is 1. The fourth-order valence-corrected chi connectivity index (χ4v) is 5.37. The predicted octanol–water partition coefficient (Wildman–Crippen LogP) is 4.51. The minimum Gasteiger partial charge on any atom is -0.376 e. The highest BCUT2D eigenvalue weighted by atomic mass is 16.5. The smallest absolute Gasteiger partial charge is 0.252 e. The van der Waals surface area contributed by atoms with Gasteiger partial charge in [-0.25, -0.2) is 4.68 Å². The molecule has 0 amide bonds. The van der Waals surface area contributed by atoms with Gasteiger partial charge in [0.2, 0.25) is 0 Å². The fourth-order valence-electron chi connectivity index (χ4n) is 5.37. The standard InChI is InChI=1S/C29H36N6O2/c1-4-27(28-31-32-33-35(28)19-25-10-7-15-37-25)34(14-13-22-9-6-5-8-21(22)3)18-24-17-23-16-20(2)11-12-26(23)30-29(24)36/h5-6,8-9,11-12,16-17,25,27H,4,7,10,13-15,18-19H2,1-3H3,(H,30,36)/t25-,27-/m0/s1. The summed E-state index contributed by atoms with van der Waals surface area (Å²) in [5.74, 6) is 0.829. The number of hydrogen-bond donors (Lipinski definition) is 1. The van der Waals surface area contributed by atoms with Crippen LogP contribution in [0.5, 0.6) is 0 Å². The first-order valence-corrected chi connectivity index (χ1v) is 13.3. The van der Waals surface area contributed by atoms with Crippen LogP contribution < -0.4 is 5.56 Å². The van der Waals surface area contributed by atoms with Gasteiger partial charge in [0, 0.05) is 30.8 Å². The molecule has 5 rings (SSSR count). The Kier molecular flexibility index (Phi) is 7.76. The first kappa shape index (κ1) is 25.3. The second kappa shape index (κ2) is 11.4. The fraction of sp³-hybridized carbons (Fsp3) is 0.448. The average Bonchev–Trinajstić information content (AvgIpc) is 3.57. The molecule has 1 fully saturated rings. The third-order valence-corrected chi connectivity index (χ3v) is 7.47. The van der Waals surface area contributed by atoms with E-state index >= 15 is 0 Å². The van der Waals surface area contributed by atoms with Crippen molar-refractivity contribution in [1.82, 2.24) is 30.1 Å². The Morgan fingerprint density at radius 3 is 2.81 bits per heavy atom. The van der Waals surface area contributed by atoms with E-state index in [4.69, 9.17) is 4.74 Å². The zero-order valence-electron chi connectivity index (χ0n) is 22.0. The Bertz CT molecular complexity index is 1410. The van der Waals surface area contributed by atoms with E-state index in [9.17, 15) is 4.79 Å². The molecule has 1 aliphatic rings. The lowest BCUT2D eigenvalue weighted by molar-refractivity contribution is 0.0893. The van der Waals surface area contributed by atoms with Crippen molar-refractivity contribution >= 4 is 10.9 Å². The normalized spacial score (nSPS) is 16.6. The van der Waals surface area contributed by atoms with Crippen molar-refractivity contribution in [2.45, 2.75) is 71.7 Å². The summed E-state index contributed by atoms with van der Waals surface area (Å²) in [6.07, 6.45) is 3.95. The number of aromatic nitrogens is 5. The van der Waals surface area contributed by atoms with E-state index in [0.29, 0.717) is 13.1 Å². The van der Waals surface area contributed by atoms with E-state index in [1.54, 1.807) is 0 Å². The molecule has 1 saturated heterocycles. The van der Waals surface area contributed by atoms with Crippen LogP contribution in [0.25, 0.3) is 10.9 Å². The van der Waals surface area contributed by atoms with Gasteiger partial charge in [-0.3, -0.25) is 9.69 Å². The van der Waals surface area contributed by atoms with E-state index in [1.165, 1.54) is 16.7 Å². The lowest BCUT2D eigenvalue weighted by atomic mass is 10.0. The number of fused-ring (bicyclic) bond motifs is 1. The molecular formula is C29H36N6O2. The summed E-state index contributed by atoms with van der Waals surface area (Å²) >= 11 is 0. The highest BCUT2D eigenvalue weighted by Gasteiger charge is 2.27. The van der Waals surface area contributed by atoms with Crippen LogP contribution in [0.2, 0.25) is 0 Å². The number of rotatable bonds is 10. The van der Waals surface area contributed by atoms with Gasteiger partial charge in [0.15, 0.2) is 5.82 Å². The Morgan fingerprint density at radius 1 is 1.16 bits per heavy atom. The summed E-state index contributed by atoms with van der Waals surface area (Å²) in [6, 6.07) is 16.6. The molecule has 8 heteroatoms. The van der Waals surface area contributed by atoms with E-state index < -0.39 is 0 Å². The highest BCUT2D eigenvalue weighted by molar-refractivity contribution is 5.79. The van der Waals surface area contributed by atoms with Crippen molar-refractivity contribution < 1.29 is 4.74 Å². The molecule has 0 radical (unpaired) electrons. The van der Waals surface area contributed by atoms with E-state index in [0.717, 1.165) is 61.1 Å². The van der Waals surface area contributed by atoms with E-state index in [2.05, 4.69) is 76.5 Å². The summed E-state index contributed by atoms with van der Waals surface area (Å²) < 4.78 is 7.76. The molecule has 2 atom stereocenters. The predicted molar refractivity (Wildman–Crippen MR) is 144 cm³/mol. The first-order valence-electron chi connectivity index (χ1n) is 13.3. The van der Waals surface area contributed by atoms with Crippen LogP contribution in [0.3, 0.4) is 0 Å². The number of nitrogens with one attached hydrogen (secondary N) is 1. The second-order valence-electron chi connectivity index (χ2n) is 10.1. The molecular weight excluding hydrogens is 464 g/mol. The third kappa shape index (κ3) is 5.81. The average molecular weight is 501 g/mol. The maximum atomic E-state index is 13.1. The van der Waals surface area contributed by atoms with Crippen molar-refractivity contribution in [3.05, 3.63) is 87.0 Å². The van der Waals surface area contributed by atoms with Crippen LogP contribution >= 0.6 is 0 Å². The largest absolute Gasteiger partial charge is 0.376 e. The molecule has 0 spiro atoms.